The minimum absolute atomic E-state index is 0.0184. The zero-order valence-corrected chi connectivity index (χ0v) is 24.4. The minimum Gasteiger partial charge on any atom is -0.334 e. The third-order valence-corrected chi connectivity index (χ3v) is 5.93. The van der Waals surface area contributed by atoms with Crippen molar-refractivity contribution in [3.05, 3.63) is 75.4 Å². The van der Waals surface area contributed by atoms with Gasteiger partial charge >= 0.3 is 0 Å². The van der Waals surface area contributed by atoms with Gasteiger partial charge in [-0.25, -0.2) is 8.78 Å². The summed E-state index contributed by atoms with van der Waals surface area (Å²) in [6.07, 6.45) is 3.76. The lowest BCUT2D eigenvalue weighted by Crippen LogP contribution is -2.36. The fourth-order valence-corrected chi connectivity index (χ4v) is 4.21. The van der Waals surface area contributed by atoms with Crippen molar-refractivity contribution in [1.29, 1.82) is 0 Å². The first-order valence-electron chi connectivity index (χ1n) is 13.0. The van der Waals surface area contributed by atoms with Gasteiger partial charge in [-0.15, -0.1) is 0 Å². The second kappa shape index (κ2) is 16.6. The average Bonchev–Trinajstić information content (AvgIpc) is 2.86. The van der Waals surface area contributed by atoms with Gasteiger partial charge in [-0.05, 0) is 72.9 Å². The molecule has 0 radical (unpaired) electrons. The molecule has 6 heteroatoms. The summed E-state index contributed by atoms with van der Waals surface area (Å²) >= 11 is 0. The number of alkyl halides is 2. The lowest BCUT2D eigenvalue weighted by molar-refractivity contribution is -0.0987. The first-order chi connectivity index (χ1) is 17.8. The summed E-state index contributed by atoms with van der Waals surface area (Å²) in [5, 5.41) is 0. The number of nitrogens with zero attached hydrogens (tertiary/aromatic N) is 1. The number of carbonyl (C=O) groups excluding carboxylic acids is 3. The van der Waals surface area contributed by atoms with Gasteiger partial charge in [0, 0.05) is 31.1 Å². The predicted octanol–water partition coefficient (Wildman–Crippen LogP) is 7.70. The number of amides is 1. The molecule has 0 aliphatic carbocycles. The summed E-state index contributed by atoms with van der Waals surface area (Å²) in [7, 11) is 0. The van der Waals surface area contributed by atoms with Gasteiger partial charge in [-0.1, -0.05) is 70.5 Å². The fraction of sp³-hybridized carbons (Fsp3) is 0.469. The quantitative estimate of drug-likeness (QED) is 0.317. The molecule has 2 rings (SSSR count). The highest BCUT2D eigenvalue weighted by atomic mass is 19.3. The van der Waals surface area contributed by atoms with Gasteiger partial charge in [0.25, 0.3) is 11.8 Å². The van der Waals surface area contributed by atoms with E-state index < -0.39 is 5.92 Å². The highest BCUT2D eigenvalue weighted by Crippen LogP contribution is 2.29. The molecular weight excluding hydrogens is 484 g/mol. The number of aryl methyl sites for hydroxylation is 2. The van der Waals surface area contributed by atoms with E-state index in [-0.39, 0.29) is 11.5 Å². The number of hydrogen-bond acceptors (Lipinski definition) is 3. The van der Waals surface area contributed by atoms with Crippen LogP contribution < -0.4 is 0 Å². The summed E-state index contributed by atoms with van der Waals surface area (Å²) in [5.74, 6) is -2.01. The molecule has 0 saturated carbocycles. The molecule has 2 aromatic carbocycles. The Hall–Kier alpha value is -3.15. The van der Waals surface area contributed by atoms with Crippen LogP contribution >= 0.6 is 0 Å². The monoisotopic (exact) mass is 529 g/mol. The number of benzene rings is 2. The number of carbonyl (C=O) groups is 3. The van der Waals surface area contributed by atoms with Crippen LogP contribution in [0.15, 0.2) is 42.0 Å². The van der Waals surface area contributed by atoms with Crippen LogP contribution in [0, 0.1) is 18.8 Å². The Kier molecular flexibility index (Phi) is 15.3. The maximum atomic E-state index is 13.8. The minimum atomic E-state index is -2.86. The first kappa shape index (κ1) is 34.9. The summed E-state index contributed by atoms with van der Waals surface area (Å²) in [4.78, 5) is 31.7. The SMILES string of the molecule is C=O.C=O.CCc1ccc(CC(C)C)c(C(=O)N(C/C(C)=C/c2ccc(C(C)(F)F)cc2C)CC(C)C)c1. The molecule has 0 atom stereocenters. The smallest absolute Gasteiger partial charge is 0.270 e. The average molecular weight is 530 g/mol. The van der Waals surface area contributed by atoms with Crippen LogP contribution in [0.3, 0.4) is 0 Å². The standard InChI is InChI=1S/C30H41F2NO.2CH2O/c1-9-24-10-11-26(14-20(2)3)28(17-24)29(34)33(18-21(4)5)19-22(6)15-25-12-13-27(16-23(25)7)30(8,31)32;2*1-2/h10-13,15-17,20-21H,9,14,18-19H2,1-8H3;2*1H2/b22-15+;;. The number of halogens is 2. The van der Waals surface area contributed by atoms with E-state index in [4.69, 9.17) is 9.59 Å². The molecule has 1 amide bonds. The molecule has 4 nitrogen and oxygen atoms in total. The molecule has 38 heavy (non-hydrogen) atoms. The molecule has 0 aliphatic heterocycles. The molecule has 210 valence electrons. The van der Waals surface area contributed by atoms with Crippen molar-refractivity contribution in [2.24, 2.45) is 11.8 Å². The Morgan fingerprint density at radius 2 is 1.61 bits per heavy atom. The van der Waals surface area contributed by atoms with E-state index in [0.717, 1.165) is 53.2 Å². The first-order valence-corrected chi connectivity index (χ1v) is 13.0. The van der Waals surface area contributed by atoms with Gasteiger partial charge in [-0.2, -0.15) is 0 Å². The van der Waals surface area contributed by atoms with Crippen molar-refractivity contribution in [2.75, 3.05) is 13.1 Å². The lowest BCUT2D eigenvalue weighted by atomic mass is 9.94. The Labute approximate surface area is 228 Å². The van der Waals surface area contributed by atoms with Crippen molar-refractivity contribution in [3.8, 4) is 0 Å². The zero-order valence-electron chi connectivity index (χ0n) is 24.4. The van der Waals surface area contributed by atoms with E-state index >= 15 is 0 Å². The van der Waals surface area contributed by atoms with Gasteiger partial charge < -0.3 is 14.5 Å². The summed E-state index contributed by atoms with van der Waals surface area (Å²) in [6, 6.07) is 11.1. The van der Waals surface area contributed by atoms with Crippen molar-refractivity contribution >= 4 is 25.6 Å². The Morgan fingerprint density at radius 1 is 1.00 bits per heavy atom. The van der Waals surface area contributed by atoms with E-state index in [0.29, 0.717) is 24.9 Å². The maximum Gasteiger partial charge on any atom is 0.270 e. The van der Waals surface area contributed by atoms with Gasteiger partial charge in [-0.3, -0.25) is 4.79 Å². The lowest BCUT2D eigenvalue weighted by Gasteiger charge is -2.27. The molecule has 2 aromatic rings. The van der Waals surface area contributed by atoms with Gasteiger partial charge in [0.1, 0.15) is 13.6 Å². The normalized spacial score (nSPS) is 11.4. The van der Waals surface area contributed by atoms with E-state index in [1.165, 1.54) is 6.07 Å². The topological polar surface area (TPSA) is 54.5 Å². The van der Waals surface area contributed by atoms with Crippen LogP contribution in [-0.4, -0.2) is 37.5 Å². The molecular formula is C32H45F2NO3. The van der Waals surface area contributed by atoms with Crippen molar-refractivity contribution < 1.29 is 23.2 Å². The Morgan fingerprint density at radius 3 is 2.08 bits per heavy atom. The van der Waals surface area contributed by atoms with Crippen LogP contribution in [0.1, 0.15) is 86.6 Å². The van der Waals surface area contributed by atoms with Crippen LogP contribution in [0.4, 0.5) is 8.78 Å². The fourth-order valence-electron chi connectivity index (χ4n) is 4.21. The third kappa shape index (κ3) is 11.1. The van der Waals surface area contributed by atoms with E-state index in [1.807, 2.05) is 38.4 Å². The molecule has 0 aromatic heterocycles. The summed E-state index contributed by atoms with van der Waals surface area (Å²) in [6.45, 7) is 20.6. The van der Waals surface area contributed by atoms with E-state index in [1.54, 1.807) is 12.1 Å². The highest BCUT2D eigenvalue weighted by Gasteiger charge is 2.24. The van der Waals surface area contributed by atoms with Crippen LogP contribution in [-0.2, 0) is 28.4 Å². The third-order valence-electron chi connectivity index (χ3n) is 5.93. The van der Waals surface area contributed by atoms with Crippen molar-refractivity contribution in [2.45, 2.75) is 74.2 Å². The largest absolute Gasteiger partial charge is 0.334 e. The molecule has 0 N–H and O–H groups in total. The van der Waals surface area contributed by atoms with Crippen molar-refractivity contribution in [1.82, 2.24) is 4.90 Å². The van der Waals surface area contributed by atoms with Crippen LogP contribution in [0.5, 0.6) is 0 Å². The number of rotatable bonds is 10. The van der Waals surface area contributed by atoms with E-state index in [2.05, 4.69) is 52.8 Å². The molecule has 0 heterocycles. The van der Waals surface area contributed by atoms with Crippen molar-refractivity contribution in [3.63, 3.8) is 0 Å². The number of hydrogen-bond donors (Lipinski definition) is 0. The molecule has 0 bridgehead atoms. The summed E-state index contributed by atoms with van der Waals surface area (Å²) < 4.78 is 27.4. The van der Waals surface area contributed by atoms with Gasteiger partial charge in [0.2, 0.25) is 0 Å². The van der Waals surface area contributed by atoms with Crippen LogP contribution in [0.2, 0.25) is 0 Å². The second-order valence-corrected chi connectivity index (χ2v) is 10.5. The Balaban J connectivity index is 0.00000326. The molecule has 0 unspecified atom stereocenters. The molecule has 0 saturated heterocycles. The molecule has 0 fully saturated rings. The van der Waals surface area contributed by atoms with Crippen LogP contribution in [0.25, 0.3) is 6.08 Å². The Bertz CT molecular complexity index is 1050. The predicted molar refractivity (Wildman–Crippen MR) is 154 cm³/mol. The summed E-state index contributed by atoms with van der Waals surface area (Å²) in [5.41, 5.74) is 5.80. The van der Waals surface area contributed by atoms with Gasteiger partial charge in [0.15, 0.2) is 0 Å². The second-order valence-electron chi connectivity index (χ2n) is 10.5. The molecule has 0 spiro atoms. The maximum absolute atomic E-state index is 13.8. The van der Waals surface area contributed by atoms with Gasteiger partial charge in [0.05, 0.1) is 0 Å². The van der Waals surface area contributed by atoms with E-state index in [9.17, 15) is 13.6 Å². The highest BCUT2D eigenvalue weighted by molar-refractivity contribution is 5.96. The molecule has 0 aliphatic rings. The zero-order chi connectivity index (χ0) is 29.6.